The van der Waals surface area contributed by atoms with Crippen LogP contribution in [-0.4, -0.2) is 21.6 Å². The molecule has 4 nitrogen and oxygen atoms in total. The fourth-order valence-electron chi connectivity index (χ4n) is 2.33. The van der Waals surface area contributed by atoms with Gasteiger partial charge < -0.3 is 4.74 Å². The Kier molecular flexibility index (Phi) is 4.84. The van der Waals surface area contributed by atoms with Gasteiger partial charge in [0.15, 0.2) is 0 Å². The van der Waals surface area contributed by atoms with Gasteiger partial charge in [0, 0.05) is 6.08 Å². The fraction of sp³-hybridized carbons (Fsp3) is 0.158. The number of allylic oxidation sites excluding steroid dienone is 3. The highest BCUT2D eigenvalue weighted by Gasteiger charge is 2.08. The maximum atomic E-state index is 5.72. The third-order valence-electron chi connectivity index (χ3n) is 3.42. The van der Waals surface area contributed by atoms with E-state index in [1.807, 2.05) is 61.5 Å². The number of ether oxygens (including phenoxy) is 1. The first-order chi connectivity index (χ1) is 11.4. The third-order valence-corrected chi connectivity index (χ3v) is 3.42. The molecule has 0 fully saturated rings. The summed E-state index contributed by atoms with van der Waals surface area (Å²) in [5.41, 5.74) is 3.07. The number of benzene rings is 2. The Morgan fingerprint density at radius 2 is 1.87 bits per heavy atom. The van der Waals surface area contributed by atoms with Crippen molar-refractivity contribution in [2.45, 2.75) is 13.3 Å². The summed E-state index contributed by atoms with van der Waals surface area (Å²) in [6, 6.07) is 18.2. The van der Waals surface area contributed by atoms with E-state index in [-0.39, 0.29) is 0 Å². The number of hydrogen-bond acceptors (Lipinski definition) is 3. The minimum absolute atomic E-state index is 0.576. The van der Waals surface area contributed by atoms with Gasteiger partial charge in [0.2, 0.25) is 5.88 Å². The van der Waals surface area contributed by atoms with Crippen molar-refractivity contribution in [3.63, 3.8) is 0 Å². The number of hydrogen-bond donors (Lipinski definition) is 0. The van der Waals surface area contributed by atoms with E-state index in [0.29, 0.717) is 12.5 Å². The van der Waals surface area contributed by atoms with Gasteiger partial charge in [-0.15, -0.1) is 5.10 Å². The highest BCUT2D eigenvalue weighted by molar-refractivity contribution is 5.76. The lowest BCUT2D eigenvalue weighted by Crippen LogP contribution is -2.03. The predicted octanol–water partition coefficient (Wildman–Crippen LogP) is 4.07. The summed E-state index contributed by atoms with van der Waals surface area (Å²) in [6.07, 6.45) is 6.91. The van der Waals surface area contributed by atoms with Gasteiger partial charge in [0.1, 0.15) is 5.52 Å². The molecule has 0 N–H and O–H groups in total. The zero-order valence-electron chi connectivity index (χ0n) is 13.1. The molecule has 3 rings (SSSR count). The Hall–Kier alpha value is -2.88. The molecule has 0 bridgehead atoms. The predicted molar refractivity (Wildman–Crippen MR) is 92.7 cm³/mol. The van der Waals surface area contributed by atoms with Gasteiger partial charge in [-0.05, 0) is 31.0 Å². The van der Waals surface area contributed by atoms with Crippen molar-refractivity contribution in [2.75, 3.05) is 6.61 Å². The molecule has 0 unspecified atom stereocenters. The monoisotopic (exact) mass is 305 g/mol. The first kappa shape index (κ1) is 15.0. The van der Waals surface area contributed by atoms with Gasteiger partial charge in [-0.25, -0.2) is 0 Å². The minimum atomic E-state index is 0.576. The molecule has 0 saturated heterocycles. The quantitative estimate of drug-likeness (QED) is 0.509. The van der Waals surface area contributed by atoms with Crippen molar-refractivity contribution in [3.05, 3.63) is 78.4 Å². The van der Waals surface area contributed by atoms with Crippen LogP contribution in [0.25, 0.3) is 16.9 Å². The number of nitrogens with zero attached hydrogens (tertiary/aromatic N) is 3. The van der Waals surface area contributed by atoms with E-state index >= 15 is 0 Å². The Balaban J connectivity index is 1.81. The number of para-hydroxylation sites is 1. The third kappa shape index (κ3) is 3.66. The summed E-state index contributed by atoms with van der Waals surface area (Å²) in [4.78, 5) is 0. The van der Waals surface area contributed by atoms with Crippen LogP contribution in [0.3, 0.4) is 0 Å². The average Bonchev–Trinajstić information content (AvgIpc) is 3.03. The lowest BCUT2D eigenvalue weighted by Gasteiger charge is -2.07. The smallest absolute Gasteiger partial charge is 0.216 e. The van der Waals surface area contributed by atoms with E-state index < -0.39 is 0 Å². The molecule has 1 heterocycles. The molecule has 0 aliphatic carbocycles. The standard InChI is InChI=1S/C19H19N3O/c1-2-23-19(15-9-6-12-16-10-4-3-5-11-16)22-18-14-8-7-13-17(18)20-21-22/h3-11,13-15H,2,12H2,1H3/b9-6+,19-15-. The summed E-state index contributed by atoms with van der Waals surface area (Å²) in [5.74, 6) is 0.672. The maximum absolute atomic E-state index is 5.72. The first-order valence-electron chi connectivity index (χ1n) is 7.73. The second-order valence-corrected chi connectivity index (χ2v) is 5.05. The van der Waals surface area contributed by atoms with Crippen molar-refractivity contribution < 1.29 is 4.74 Å². The van der Waals surface area contributed by atoms with Crippen LogP contribution in [-0.2, 0) is 11.2 Å². The zero-order chi connectivity index (χ0) is 15.9. The van der Waals surface area contributed by atoms with Gasteiger partial charge in [0.05, 0.1) is 12.1 Å². The van der Waals surface area contributed by atoms with E-state index in [4.69, 9.17) is 4.74 Å². The lowest BCUT2D eigenvalue weighted by atomic mass is 10.1. The molecule has 1 aromatic heterocycles. The number of aromatic nitrogens is 3. The molecule has 0 radical (unpaired) electrons. The summed E-state index contributed by atoms with van der Waals surface area (Å²) in [7, 11) is 0. The van der Waals surface area contributed by atoms with Crippen molar-refractivity contribution in [1.82, 2.24) is 15.0 Å². The molecule has 0 spiro atoms. The highest BCUT2D eigenvalue weighted by atomic mass is 16.5. The molecule has 0 amide bonds. The molecule has 2 aromatic carbocycles. The van der Waals surface area contributed by atoms with Crippen molar-refractivity contribution in [2.24, 2.45) is 0 Å². The maximum Gasteiger partial charge on any atom is 0.216 e. The van der Waals surface area contributed by atoms with Crippen LogP contribution in [0.1, 0.15) is 12.5 Å². The molecule has 4 heteroatoms. The molecule has 3 aromatic rings. The van der Waals surface area contributed by atoms with Gasteiger partial charge in [-0.2, -0.15) is 4.68 Å². The lowest BCUT2D eigenvalue weighted by molar-refractivity contribution is 0.273. The molecular weight excluding hydrogens is 286 g/mol. The molecule has 0 aliphatic heterocycles. The summed E-state index contributed by atoms with van der Waals surface area (Å²) in [5, 5.41) is 8.36. The van der Waals surface area contributed by atoms with Gasteiger partial charge in [0.25, 0.3) is 0 Å². The van der Waals surface area contributed by atoms with Crippen LogP contribution < -0.4 is 0 Å². The number of fused-ring (bicyclic) bond motifs is 1. The topological polar surface area (TPSA) is 39.9 Å². The van der Waals surface area contributed by atoms with E-state index in [2.05, 4.69) is 28.5 Å². The Bertz CT molecular complexity index is 819. The Morgan fingerprint density at radius 1 is 1.09 bits per heavy atom. The summed E-state index contributed by atoms with van der Waals surface area (Å²) < 4.78 is 7.44. The van der Waals surface area contributed by atoms with Gasteiger partial charge >= 0.3 is 0 Å². The number of rotatable bonds is 6. The first-order valence-corrected chi connectivity index (χ1v) is 7.73. The second kappa shape index (κ2) is 7.40. The molecule has 0 atom stereocenters. The summed E-state index contributed by atoms with van der Waals surface area (Å²) in [6.45, 7) is 2.53. The van der Waals surface area contributed by atoms with Crippen molar-refractivity contribution >= 4 is 16.9 Å². The Labute approximate surface area is 135 Å². The van der Waals surface area contributed by atoms with Gasteiger partial charge in [-0.3, -0.25) is 0 Å². The Morgan fingerprint density at radius 3 is 2.70 bits per heavy atom. The zero-order valence-corrected chi connectivity index (χ0v) is 13.1. The van der Waals surface area contributed by atoms with Crippen LogP contribution in [0.5, 0.6) is 0 Å². The molecule has 23 heavy (non-hydrogen) atoms. The van der Waals surface area contributed by atoms with Crippen LogP contribution >= 0.6 is 0 Å². The molecule has 0 saturated carbocycles. The normalized spacial score (nSPS) is 12.1. The van der Waals surface area contributed by atoms with E-state index in [1.54, 1.807) is 4.68 Å². The average molecular weight is 305 g/mol. The van der Waals surface area contributed by atoms with E-state index in [0.717, 1.165) is 17.5 Å². The van der Waals surface area contributed by atoms with E-state index in [1.165, 1.54) is 5.56 Å². The molecule has 116 valence electrons. The SMILES string of the molecule is CCO/C(=C\C=C\Cc1ccccc1)n1nnc2ccccc21. The second-order valence-electron chi connectivity index (χ2n) is 5.05. The van der Waals surface area contributed by atoms with Crippen LogP contribution in [0.2, 0.25) is 0 Å². The molecule has 0 aliphatic rings. The summed E-state index contributed by atoms with van der Waals surface area (Å²) >= 11 is 0. The fourth-order valence-corrected chi connectivity index (χ4v) is 2.33. The minimum Gasteiger partial charge on any atom is -0.478 e. The van der Waals surface area contributed by atoms with E-state index in [9.17, 15) is 0 Å². The van der Waals surface area contributed by atoms with Crippen LogP contribution in [0.15, 0.2) is 72.8 Å². The molecular formula is C19H19N3O. The van der Waals surface area contributed by atoms with Crippen molar-refractivity contribution in [3.8, 4) is 0 Å². The van der Waals surface area contributed by atoms with Crippen LogP contribution in [0, 0.1) is 0 Å². The van der Waals surface area contributed by atoms with Crippen molar-refractivity contribution in [1.29, 1.82) is 0 Å². The van der Waals surface area contributed by atoms with Gasteiger partial charge in [-0.1, -0.05) is 59.8 Å². The highest BCUT2D eigenvalue weighted by Crippen LogP contribution is 2.15. The largest absolute Gasteiger partial charge is 0.478 e. The van der Waals surface area contributed by atoms with Crippen LogP contribution in [0.4, 0.5) is 0 Å².